The highest BCUT2D eigenvalue weighted by Gasteiger charge is 2.18. The minimum atomic E-state index is -0.215. The van der Waals surface area contributed by atoms with E-state index in [2.05, 4.69) is 5.92 Å². The van der Waals surface area contributed by atoms with Gasteiger partial charge < -0.3 is 5.11 Å². The van der Waals surface area contributed by atoms with E-state index in [-0.39, 0.29) is 12.0 Å². The summed E-state index contributed by atoms with van der Waals surface area (Å²) in [5.74, 6) is 2.58. The van der Waals surface area contributed by atoms with Gasteiger partial charge in [0, 0.05) is 11.0 Å². The van der Waals surface area contributed by atoms with Crippen LogP contribution in [0.3, 0.4) is 0 Å². The van der Waals surface area contributed by atoms with Gasteiger partial charge in [-0.05, 0) is 17.7 Å². The summed E-state index contributed by atoms with van der Waals surface area (Å²) in [6.45, 7) is 4.10. The van der Waals surface area contributed by atoms with Crippen molar-refractivity contribution in [1.82, 2.24) is 0 Å². The first-order valence-electron chi connectivity index (χ1n) is 4.28. The van der Waals surface area contributed by atoms with E-state index in [0.29, 0.717) is 0 Å². The maximum Gasteiger partial charge on any atom is 0.0522 e. The third-order valence-electron chi connectivity index (χ3n) is 2.21. The number of benzene rings is 1. The fourth-order valence-electron chi connectivity index (χ4n) is 1.12. The molecular formula is C12H14O. The van der Waals surface area contributed by atoms with E-state index < -0.39 is 0 Å². The van der Waals surface area contributed by atoms with Crippen molar-refractivity contribution >= 4 is 0 Å². The molecule has 1 rings (SSSR count). The number of terminal acetylenes is 1. The van der Waals surface area contributed by atoms with Crippen molar-refractivity contribution in [2.45, 2.75) is 19.3 Å². The van der Waals surface area contributed by atoms with Crippen LogP contribution in [0.1, 0.15) is 25.0 Å². The summed E-state index contributed by atoms with van der Waals surface area (Å²) in [7, 11) is 0. The molecule has 0 aliphatic heterocycles. The number of rotatable bonds is 2. The summed E-state index contributed by atoms with van der Waals surface area (Å²) >= 11 is 0. The Morgan fingerprint density at radius 2 is 2.15 bits per heavy atom. The molecule has 1 heteroatoms. The van der Waals surface area contributed by atoms with Crippen molar-refractivity contribution in [3.05, 3.63) is 35.4 Å². The van der Waals surface area contributed by atoms with Gasteiger partial charge >= 0.3 is 0 Å². The molecule has 0 fully saturated rings. The Bertz CT molecular complexity index is 331. The second-order valence-corrected chi connectivity index (χ2v) is 3.77. The molecule has 0 aromatic heterocycles. The van der Waals surface area contributed by atoms with Gasteiger partial charge in [-0.25, -0.2) is 0 Å². The molecule has 1 nitrogen and oxygen atoms in total. The van der Waals surface area contributed by atoms with Crippen molar-refractivity contribution in [3.63, 3.8) is 0 Å². The highest BCUT2D eigenvalue weighted by atomic mass is 16.3. The second kappa shape index (κ2) is 3.64. The summed E-state index contributed by atoms with van der Waals surface area (Å²) in [5, 5.41) is 9.16. The van der Waals surface area contributed by atoms with E-state index in [4.69, 9.17) is 11.5 Å². The van der Waals surface area contributed by atoms with Crippen LogP contribution >= 0.6 is 0 Å². The lowest BCUT2D eigenvalue weighted by Gasteiger charge is -2.22. The minimum Gasteiger partial charge on any atom is -0.395 e. The van der Waals surface area contributed by atoms with Gasteiger partial charge in [-0.15, -0.1) is 6.42 Å². The predicted octanol–water partition coefficient (Wildman–Crippen LogP) is 1.94. The smallest absolute Gasteiger partial charge is 0.0522 e. The molecule has 0 heterocycles. The van der Waals surface area contributed by atoms with Gasteiger partial charge in [-0.3, -0.25) is 0 Å². The van der Waals surface area contributed by atoms with Gasteiger partial charge in [0.25, 0.3) is 0 Å². The SMILES string of the molecule is C#Cc1cccc(C(C)(C)CO)c1. The highest BCUT2D eigenvalue weighted by molar-refractivity contribution is 5.38. The maximum atomic E-state index is 9.16. The van der Waals surface area contributed by atoms with E-state index in [9.17, 15) is 0 Å². The van der Waals surface area contributed by atoms with Gasteiger partial charge in [0.2, 0.25) is 0 Å². The van der Waals surface area contributed by atoms with E-state index in [1.807, 2.05) is 38.1 Å². The van der Waals surface area contributed by atoms with Gasteiger partial charge in [-0.2, -0.15) is 0 Å². The number of aliphatic hydroxyl groups is 1. The molecule has 0 radical (unpaired) electrons. The number of aliphatic hydroxyl groups excluding tert-OH is 1. The van der Waals surface area contributed by atoms with Crippen LogP contribution in [0.25, 0.3) is 0 Å². The normalized spacial score (nSPS) is 10.9. The van der Waals surface area contributed by atoms with Crippen LogP contribution < -0.4 is 0 Å². The topological polar surface area (TPSA) is 20.2 Å². The minimum absolute atomic E-state index is 0.126. The largest absolute Gasteiger partial charge is 0.395 e. The fraction of sp³-hybridized carbons (Fsp3) is 0.333. The van der Waals surface area contributed by atoms with Crippen LogP contribution in [-0.4, -0.2) is 11.7 Å². The molecule has 0 unspecified atom stereocenters. The van der Waals surface area contributed by atoms with Crippen molar-refractivity contribution in [2.75, 3.05) is 6.61 Å². The van der Waals surface area contributed by atoms with E-state index in [1.54, 1.807) is 0 Å². The lowest BCUT2D eigenvalue weighted by molar-refractivity contribution is 0.218. The molecule has 0 atom stereocenters. The Morgan fingerprint density at radius 3 is 2.69 bits per heavy atom. The van der Waals surface area contributed by atoms with Crippen LogP contribution in [0.15, 0.2) is 24.3 Å². The van der Waals surface area contributed by atoms with Crippen molar-refractivity contribution < 1.29 is 5.11 Å². The van der Waals surface area contributed by atoms with Crippen LogP contribution in [-0.2, 0) is 5.41 Å². The Hall–Kier alpha value is -1.26. The second-order valence-electron chi connectivity index (χ2n) is 3.77. The zero-order valence-electron chi connectivity index (χ0n) is 8.04. The summed E-state index contributed by atoms with van der Waals surface area (Å²) in [6, 6.07) is 7.73. The first-order valence-corrected chi connectivity index (χ1v) is 4.28. The predicted molar refractivity (Wildman–Crippen MR) is 54.5 cm³/mol. The lowest BCUT2D eigenvalue weighted by atomic mass is 9.85. The first-order chi connectivity index (χ1) is 6.10. The van der Waals surface area contributed by atoms with E-state index >= 15 is 0 Å². The Balaban J connectivity index is 3.10. The quantitative estimate of drug-likeness (QED) is 0.679. The molecule has 0 aliphatic carbocycles. The van der Waals surface area contributed by atoms with Crippen molar-refractivity contribution in [1.29, 1.82) is 0 Å². The Morgan fingerprint density at radius 1 is 1.46 bits per heavy atom. The Kier molecular flexibility index (Phi) is 2.75. The van der Waals surface area contributed by atoms with Gasteiger partial charge in [0.15, 0.2) is 0 Å². The third kappa shape index (κ3) is 2.11. The van der Waals surface area contributed by atoms with Crippen LogP contribution in [0.5, 0.6) is 0 Å². The average molecular weight is 174 g/mol. The van der Waals surface area contributed by atoms with Crippen LogP contribution in [0, 0.1) is 12.3 Å². The summed E-state index contributed by atoms with van der Waals surface area (Å²) in [5.41, 5.74) is 1.72. The fourth-order valence-corrected chi connectivity index (χ4v) is 1.12. The van der Waals surface area contributed by atoms with Crippen LogP contribution in [0.4, 0.5) is 0 Å². The molecule has 0 saturated carbocycles. The van der Waals surface area contributed by atoms with Gasteiger partial charge in [0.05, 0.1) is 6.61 Å². The molecule has 13 heavy (non-hydrogen) atoms. The van der Waals surface area contributed by atoms with Gasteiger partial charge in [-0.1, -0.05) is 31.9 Å². The molecule has 1 N–H and O–H groups in total. The van der Waals surface area contributed by atoms with Gasteiger partial charge in [0.1, 0.15) is 0 Å². The molecular weight excluding hydrogens is 160 g/mol. The highest BCUT2D eigenvalue weighted by Crippen LogP contribution is 2.22. The summed E-state index contributed by atoms with van der Waals surface area (Å²) in [4.78, 5) is 0. The Labute approximate surface area is 79.4 Å². The molecule has 1 aromatic rings. The van der Waals surface area contributed by atoms with E-state index in [0.717, 1.165) is 11.1 Å². The standard InChI is InChI=1S/C12H14O/c1-4-10-6-5-7-11(8-10)12(2,3)9-13/h1,5-8,13H,9H2,2-3H3. The number of hydrogen-bond acceptors (Lipinski definition) is 1. The zero-order valence-corrected chi connectivity index (χ0v) is 8.04. The maximum absolute atomic E-state index is 9.16. The van der Waals surface area contributed by atoms with Crippen molar-refractivity contribution in [3.8, 4) is 12.3 Å². The third-order valence-corrected chi connectivity index (χ3v) is 2.21. The molecule has 0 aliphatic rings. The molecule has 68 valence electrons. The monoisotopic (exact) mass is 174 g/mol. The lowest BCUT2D eigenvalue weighted by Crippen LogP contribution is -2.21. The van der Waals surface area contributed by atoms with E-state index in [1.165, 1.54) is 0 Å². The molecule has 0 amide bonds. The molecule has 0 spiro atoms. The zero-order chi connectivity index (χ0) is 9.90. The average Bonchev–Trinajstić information content (AvgIpc) is 2.18. The molecule has 0 saturated heterocycles. The van der Waals surface area contributed by atoms with Crippen LogP contribution in [0.2, 0.25) is 0 Å². The summed E-state index contributed by atoms with van der Waals surface area (Å²) in [6.07, 6.45) is 5.29. The first kappa shape index (κ1) is 9.83. The summed E-state index contributed by atoms with van der Waals surface area (Å²) < 4.78 is 0. The molecule has 1 aromatic carbocycles. The molecule has 0 bridgehead atoms. The number of hydrogen-bond donors (Lipinski definition) is 1. The van der Waals surface area contributed by atoms with Crippen molar-refractivity contribution in [2.24, 2.45) is 0 Å².